The molecule has 3 rings (SSSR count). The van der Waals surface area contributed by atoms with Crippen LogP contribution in [0, 0.1) is 0 Å². The Balaban J connectivity index is 1.74. The molecule has 0 saturated carbocycles. The zero-order valence-electron chi connectivity index (χ0n) is 12.6. The number of amides is 1. The average Bonchev–Trinajstić information content (AvgIpc) is 2.55. The van der Waals surface area contributed by atoms with E-state index in [0.29, 0.717) is 22.7 Å². The molecule has 0 radical (unpaired) electrons. The van der Waals surface area contributed by atoms with Gasteiger partial charge in [-0.2, -0.15) is 0 Å². The summed E-state index contributed by atoms with van der Waals surface area (Å²) >= 11 is 5.96. The van der Waals surface area contributed by atoms with Crippen LogP contribution < -0.4 is 5.32 Å². The molecule has 4 nitrogen and oxygen atoms in total. The molecule has 1 atom stereocenters. The lowest BCUT2D eigenvalue weighted by molar-refractivity contribution is -0.125. The Labute approximate surface area is 139 Å². The number of hydrogen-bond acceptors (Lipinski definition) is 3. The number of benzene rings is 2. The normalized spacial score (nSPS) is 16.4. The molecule has 0 aromatic heterocycles. The number of hydrogen-bond donors (Lipinski definition) is 1. The lowest BCUT2D eigenvalue weighted by Crippen LogP contribution is -2.38. The van der Waals surface area contributed by atoms with E-state index in [-0.39, 0.29) is 5.91 Å². The molecule has 5 heteroatoms. The fourth-order valence-electron chi connectivity index (χ4n) is 2.56. The zero-order chi connectivity index (χ0) is 16.4. The Morgan fingerprint density at radius 3 is 2.70 bits per heavy atom. The molecule has 1 aliphatic rings. The molecule has 2 aromatic carbocycles. The van der Waals surface area contributed by atoms with Crippen LogP contribution in [-0.4, -0.2) is 18.0 Å². The summed E-state index contributed by atoms with van der Waals surface area (Å²) in [5.74, 6) is -0.836. The van der Waals surface area contributed by atoms with E-state index in [2.05, 4.69) is 12.2 Å². The third kappa shape index (κ3) is 3.37. The maximum Gasteiger partial charge on any atom is 0.339 e. The van der Waals surface area contributed by atoms with Crippen LogP contribution >= 0.6 is 11.6 Å². The first-order chi connectivity index (χ1) is 11.1. The van der Waals surface area contributed by atoms with Gasteiger partial charge in [-0.15, -0.1) is 0 Å². The van der Waals surface area contributed by atoms with Crippen LogP contribution in [0.4, 0.5) is 5.69 Å². The van der Waals surface area contributed by atoms with E-state index in [1.54, 1.807) is 18.2 Å². The number of carbonyl (C=O) groups is 2. The standard InChI is InChI=1S/C18H16ClNO3/c1-2-11-3-6-14(7-4-11)20-17(21)16-10-12-9-13(19)5-8-15(12)18(22)23-16/h3-9,16H,2,10H2,1H3,(H,20,21). The number of esters is 1. The minimum Gasteiger partial charge on any atom is -0.448 e. The molecule has 0 fully saturated rings. The first kappa shape index (κ1) is 15.6. The zero-order valence-corrected chi connectivity index (χ0v) is 13.4. The number of nitrogens with one attached hydrogen (secondary N) is 1. The van der Waals surface area contributed by atoms with Crippen LogP contribution in [0.15, 0.2) is 42.5 Å². The van der Waals surface area contributed by atoms with Crippen LogP contribution in [0.3, 0.4) is 0 Å². The molecule has 0 saturated heterocycles. The molecule has 1 heterocycles. The minimum absolute atomic E-state index is 0.320. The van der Waals surface area contributed by atoms with Crippen molar-refractivity contribution in [2.45, 2.75) is 25.9 Å². The summed E-state index contributed by atoms with van der Waals surface area (Å²) < 4.78 is 5.24. The maximum atomic E-state index is 12.3. The molecule has 0 spiro atoms. The topological polar surface area (TPSA) is 55.4 Å². The first-order valence-electron chi connectivity index (χ1n) is 7.46. The van der Waals surface area contributed by atoms with Gasteiger partial charge in [-0.05, 0) is 47.9 Å². The monoisotopic (exact) mass is 329 g/mol. The fraction of sp³-hybridized carbons (Fsp3) is 0.222. The van der Waals surface area contributed by atoms with Crippen molar-refractivity contribution < 1.29 is 14.3 Å². The van der Waals surface area contributed by atoms with Crippen molar-refractivity contribution in [2.75, 3.05) is 5.32 Å². The maximum absolute atomic E-state index is 12.3. The molecule has 0 aliphatic carbocycles. The third-order valence-corrected chi connectivity index (χ3v) is 4.10. The van der Waals surface area contributed by atoms with E-state index >= 15 is 0 Å². The molecular formula is C18H16ClNO3. The van der Waals surface area contributed by atoms with E-state index in [1.165, 1.54) is 5.56 Å². The molecule has 2 aromatic rings. The number of ether oxygens (including phenoxy) is 1. The van der Waals surface area contributed by atoms with Gasteiger partial charge in [-0.25, -0.2) is 4.79 Å². The van der Waals surface area contributed by atoms with Crippen LogP contribution in [-0.2, 0) is 22.4 Å². The summed E-state index contributed by atoms with van der Waals surface area (Å²) in [5, 5.41) is 3.31. The summed E-state index contributed by atoms with van der Waals surface area (Å²) in [7, 11) is 0. The van der Waals surface area contributed by atoms with Crippen molar-refractivity contribution in [3.8, 4) is 0 Å². The largest absolute Gasteiger partial charge is 0.448 e. The molecule has 1 N–H and O–H groups in total. The van der Waals surface area contributed by atoms with Crippen molar-refractivity contribution in [2.24, 2.45) is 0 Å². The number of aryl methyl sites for hydroxylation is 1. The van der Waals surface area contributed by atoms with E-state index in [1.807, 2.05) is 24.3 Å². The van der Waals surface area contributed by atoms with Crippen molar-refractivity contribution in [1.29, 1.82) is 0 Å². The van der Waals surface area contributed by atoms with Crippen molar-refractivity contribution in [3.63, 3.8) is 0 Å². The van der Waals surface area contributed by atoms with Gasteiger partial charge in [-0.3, -0.25) is 4.79 Å². The van der Waals surface area contributed by atoms with Crippen LogP contribution in [0.2, 0.25) is 5.02 Å². The van der Waals surface area contributed by atoms with Gasteiger partial charge in [0.25, 0.3) is 5.91 Å². The van der Waals surface area contributed by atoms with Crippen molar-refractivity contribution >= 4 is 29.2 Å². The summed E-state index contributed by atoms with van der Waals surface area (Å²) in [6.45, 7) is 2.07. The van der Waals surface area contributed by atoms with Crippen molar-refractivity contribution in [1.82, 2.24) is 0 Å². The lowest BCUT2D eigenvalue weighted by atomic mass is 9.98. The Morgan fingerprint density at radius 2 is 2.00 bits per heavy atom. The third-order valence-electron chi connectivity index (χ3n) is 3.86. The number of carbonyl (C=O) groups excluding carboxylic acids is 2. The summed E-state index contributed by atoms with van der Waals surface area (Å²) in [4.78, 5) is 24.3. The number of cyclic esters (lactones) is 1. The van der Waals surface area contributed by atoms with Crippen LogP contribution in [0.5, 0.6) is 0 Å². The predicted molar refractivity (Wildman–Crippen MR) is 88.8 cm³/mol. The van der Waals surface area contributed by atoms with Gasteiger partial charge < -0.3 is 10.1 Å². The summed E-state index contributed by atoms with van der Waals surface area (Å²) in [6.07, 6.45) is 0.409. The second-order valence-corrected chi connectivity index (χ2v) is 5.88. The molecular weight excluding hydrogens is 314 g/mol. The second kappa shape index (κ2) is 6.42. The Kier molecular flexibility index (Phi) is 4.35. The van der Waals surface area contributed by atoms with Gasteiger partial charge in [0.05, 0.1) is 5.56 Å². The number of fused-ring (bicyclic) bond motifs is 1. The Bertz CT molecular complexity index is 755. The highest BCUT2D eigenvalue weighted by Crippen LogP contribution is 2.24. The Hall–Kier alpha value is -2.33. The highest BCUT2D eigenvalue weighted by Gasteiger charge is 2.31. The number of halogens is 1. The number of rotatable bonds is 3. The Morgan fingerprint density at radius 1 is 1.26 bits per heavy atom. The van der Waals surface area contributed by atoms with Crippen LogP contribution in [0.25, 0.3) is 0 Å². The van der Waals surface area contributed by atoms with Gasteiger partial charge in [0.15, 0.2) is 6.10 Å². The quantitative estimate of drug-likeness (QED) is 0.875. The summed E-state index contributed by atoms with van der Waals surface area (Å²) in [5.41, 5.74) is 3.07. The van der Waals surface area contributed by atoms with E-state index < -0.39 is 12.1 Å². The number of anilines is 1. The highest BCUT2D eigenvalue weighted by atomic mass is 35.5. The van der Waals surface area contributed by atoms with E-state index in [9.17, 15) is 9.59 Å². The second-order valence-electron chi connectivity index (χ2n) is 5.44. The van der Waals surface area contributed by atoms with Gasteiger partial charge in [-0.1, -0.05) is 30.7 Å². The fourth-order valence-corrected chi connectivity index (χ4v) is 2.75. The molecule has 0 bridgehead atoms. The van der Waals surface area contributed by atoms with Crippen LogP contribution in [0.1, 0.15) is 28.4 Å². The highest BCUT2D eigenvalue weighted by molar-refractivity contribution is 6.30. The SMILES string of the molecule is CCc1ccc(NC(=O)C2Cc3cc(Cl)ccc3C(=O)O2)cc1. The lowest BCUT2D eigenvalue weighted by Gasteiger charge is -2.24. The molecule has 1 amide bonds. The molecule has 1 aliphatic heterocycles. The van der Waals surface area contributed by atoms with Gasteiger partial charge >= 0.3 is 5.97 Å². The van der Waals surface area contributed by atoms with Gasteiger partial charge in [0, 0.05) is 17.1 Å². The summed E-state index contributed by atoms with van der Waals surface area (Å²) in [6, 6.07) is 12.6. The van der Waals surface area contributed by atoms with Crippen molar-refractivity contribution in [3.05, 3.63) is 64.2 Å². The van der Waals surface area contributed by atoms with E-state index in [4.69, 9.17) is 16.3 Å². The van der Waals surface area contributed by atoms with Gasteiger partial charge in [0.2, 0.25) is 0 Å². The first-order valence-corrected chi connectivity index (χ1v) is 7.84. The predicted octanol–water partition coefficient (Wildman–Crippen LogP) is 3.62. The average molecular weight is 330 g/mol. The van der Waals surface area contributed by atoms with E-state index in [0.717, 1.165) is 12.0 Å². The minimum atomic E-state index is -0.848. The molecule has 118 valence electrons. The van der Waals surface area contributed by atoms with Gasteiger partial charge in [0.1, 0.15) is 0 Å². The smallest absolute Gasteiger partial charge is 0.339 e. The molecule has 1 unspecified atom stereocenters. The molecule has 23 heavy (non-hydrogen) atoms.